The van der Waals surface area contributed by atoms with Gasteiger partial charge in [0.25, 0.3) is 11.8 Å². The van der Waals surface area contributed by atoms with Crippen molar-refractivity contribution in [3.05, 3.63) is 119 Å². The monoisotopic (exact) mass is 491 g/mol. The van der Waals surface area contributed by atoms with E-state index in [9.17, 15) is 9.59 Å². The van der Waals surface area contributed by atoms with Crippen molar-refractivity contribution in [1.29, 1.82) is 0 Å². The Kier molecular flexibility index (Phi) is 6.87. The third-order valence-electron chi connectivity index (χ3n) is 6.09. The van der Waals surface area contributed by atoms with Crippen LogP contribution < -0.4 is 10.6 Å². The fourth-order valence-corrected chi connectivity index (χ4v) is 4.95. The first-order valence-electron chi connectivity index (χ1n) is 11.8. The van der Waals surface area contributed by atoms with E-state index in [1.807, 2.05) is 84.2 Å². The zero-order valence-electron chi connectivity index (χ0n) is 19.8. The van der Waals surface area contributed by atoms with Crippen LogP contribution in [0.1, 0.15) is 45.0 Å². The van der Waals surface area contributed by atoms with Crippen LogP contribution in [0.25, 0.3) is 21.9 Å². The summed E-state index contributed by atoms with van der Waals surface area (Å²) in [6.45, 7) is 2.06. The number of nitrogens with zero attached hydrogens (tertiary/aromatic N) is 1. The van der Waals surface area contributed by atoms with Crippen molar-refractivity contribution in [3.8, 4) is 11.1 Å². The summed E-state index contributed by atoms with van der Waals surface area (Å²) >= 11 is 1.41. The lowest BCUT2D eigenvalue weighted by Crippen LogP contribution is -2.28. The van der Waals surface area contributed by atoms with Gasteiger partial charge in [-0.2, -0.15) is 0 Å². The van der Waals surface area contributed by atoms with E-state index in [4.69, 9.17) is 0 Å². The molecule has 0 aliphatic heterocycles. The normalized spacial score (nSPS) is 11.7. The standard InChI is InChI=1S/C30H25N3O2S/c1-2-27(33-29(34)23-11-12-24-18-31-14-13-21(24)16-23)22-8-6-7-20(15-22)25-17-28(36-19-25)30(35)32-26-9-4-3-5-10-26/h3-19,27H,2H2,1H3,(H,32,35)(H,33,34). The second-order valence-corrected chi connectivity index (χ2v) is 9.43. The van der Waals surface area contributed by atoms with Gasteiger partial charge in [0.2, 0.25) is 0 Å². The van der Waals surface area contributed by atoms with Crippen LogP contribution in [0.2, 0.25) is 0 Å². The van der Waals surface area contributed by atoms with Crippen LogP contribution in [0.3, 0.4) is 0 Å². The predicted octanol–water partition coefficient (Wildman–Crippen LogP) is 7.10. The molecular formula is C30H25N3O2S. The van der Waals surface area contributed by atoms with Gasteiger partial charge in [0.05, 0.1) is 10.9 Å². The summed E-state index contributed by atoms with van der Waals surface area (Å²) in [5.74, 6) is -0.236. The molecule has 0 aliphatic carbocycles. The van der Waals surface area contributed by atoms with Gasteiger partial charge in [0.1, 0.15) is 0 Å². The first-order valence-corrected chi connectivity index (χ1v) is 12.7. The molecule has 0 saturated carbocycles. The number of anilines is 1. The minimum absolute atomic E-state index is 0.110. The fraction of sp³-hybridized carbons (Fsp3) is 0.100. The predicted molar refractivity (Wildman–Crippen MR) is 146 cm³/mol. The highest BCUT2D eigenvalue weighted by Crippen LogP contribution is 2.29. The van der Waals surface area contributed by atoms with Gasteiger partial charge in [0, 0.05) is 29.0 Å². The number of thiophene rings is 1. The number of nitrogens with one attached hydrogen (secondary N) is 2. The average molecular weight is 492 g/mol. The van der Waals surface area contributed by atoms with Gasteiger partial charge in [-0.05, 0) is 76.3 Å². The maximum absolute atomic E-state index is 13.0. The zero-order chi connectivity index (χ0) is 24.9. The van der Waals surface area contributed by atoms with Crippen molar-refractivity contribution >= 4 is 39.6 Å². The van der Waals surface area contributed by atoms with Crippen molar-refractivity contribution in [1.82, 2.24) is 10.3 Å². The van der Waals surface area contributed by atoms with Crippen molar-refractivity contribution in [2.45, 2.75) is 19.4 Å². The molecule has 5 aromatic rings. The molecule has 178 valence electrons. The number of para-hydroxylation sites is 1. The number of benzene rings is 3. The van der Waals surface area contributed by atoms with Crippen molar-refractivity contribution in [3.63, 3.8) is 0 Å². The number of amides is 2. The highest BCUT2D eigenvalue weighted by molar-refractivity contribution is 7.12. The Morgan fingerprint density at radius 3 is 2.56 bits per heavy atom. The van der Waals surface area contributed by atoms with Crippen LogP contribution in [-0.2, 0) is 0 Å². The molecule has 5 nitrogen and oxygen atoms in total. The van der Waals surface area contributed by atoms with E-state index in [1.165, 1.54) is 11.3 Å². The number of hydrogen-bond acceptors (Lipinski definition) is 4. The van der Waals surface area contributed by atoms with Gasteiger partial charge in [-0.15, -0.1) is 11.3 Å². The lowest BCUT2D eigenvalue weighted by Gasteiger charge is -2.18. The van der Waals surface area contributed by atoms with Gasteiger partial charge >= 0.3 is 0 Å². The van der Waals surface area contributed by atoms with Crippen LogP contribution in [0, 0.1) is 0 Å². The molecule has 0 saturated heterocycles. The summed E-state index contributed by atoms with van der Waals surface area (Å²) in [5, 5.41) is 10.1. The van der Waals surface area contributed by atoms with E-state index in [2.05, 4.69) is 28.6 Å². The molecule has 0 fully saturated rings. The molecule has 1 unspecified atom stereocenters. The molecule has 36 heavy (non-hydrogen) atoms. The molecular weight excluding hydrogens is 466 g/mol. The van der Waals surface area contributed by atoms with Gasteiger partial charge in [-0.25, -0.2) is 0 Å². The smallest absolute Gasteiger partial charge is 0.265 e. The fourth-order valence-electron chi connectivity index (χ4n) is 4.14. The van der Waals surface area contributed by atoms with Crippen LogP contribution >= 0.6 is 11.3 Å². The number of aromatic nitrogens is 1. The number of hydrogen-bond donors (Lipinski definition) is 2. The largest absolute Gasteiger partial charge is 0.345 e. The van der Waals surface area contributed by atoms with Crippen LogP contribution in [0.15, 0.2) is 103 Å². The van der Waals surface area contributed by atoms with Gasteiger partial charge in [0.15, 0.2) is 0 Å². The Morgan fingerprint density at radius 1 is 0.861 bits per heavy atom. The minimum atomic E-state index is -0.134. The Bertz CT molecular complexity index is 1530. The Morgan fingerprint density at radius 2 is 1.72 bits per heavy atom. The van der Waals surface area contributed by atoms with Crippen molar-refractivity contribution in [2.75, 3.05) is 5.32 Å². The third kappa shape index (κ3) is 5.19. The molecule has 3 aromatic carbocycles. The number of pyridine rings is 1. The molecule has 2 amide bonds. The molecule has 0 radical (unpaired) electrons. The van der Waals surface area contributed by atoms with E-state index in [0.29, 0.717) is 10.4 Å². The number of fused-ring (bicyclic) bond motifs is 1. The van der Waals surface area contributed by atoms with Gasteiger partial charge in [-0.1, -0.05) is 49.4 Å². The molecule has 0 spiro atoms. The maximum Gasteiger partial charge on any atom is 0.265 e. The van der Waals surface area contributed by atoms with Crippen LogP contribution in [0.4, 0.5) is 5.69 Å². The van der Waals surface area contributed by atoms with E-state index in [0.717, 1.165) is 39.6 Å². The Hall–Kier alpha value is -4.29. The summed E-state index contributed by atoms with van der Waals surface area (Å²) in [4.78, 5) is 30.5. The van der Waals surface area contributed by atoms with Crippen molar-refractivity contribution in [2.24, 2.45) is 0 Å². The lowest BCUT2D eigenvalue weighted by molar-refractivity contribution is 0.0935. The second kappa shape index (κ2) is 10.5. The van der Waals surface area contributed by atoms with E-state index >= 15 is 0 Å². The van der Waals surface area contributed by atoms with Crippen LogP contribution in [0.5, 0.6) is 0 Å². The second-order valence-electron chi connectivity index (χ2n) is 8.52. The Labute approximate surface area is 213 Å². The summed E-state index contributed by atoms with van der Waals surface area (Å²) in [5.41, 5.74) is 4.40. The molecule has 0 bridgehead atoms. The molecule has 5 rings (SSSR count). The highest BCUT2D eigenvalue weighted by Gasteiger charge is 2.16. The highest BCUT2D eigenvalue weighted by atomic mass is 32.1. The molecule has 0 aliphatic rings. The van der Waals surface area contributed by atoms with Gasteiger partial charge < -0.3 is 10.6 Å². The molecule has 2 N–H and O–H groups in total. The van der Waals surface area contributed by atoms with Gasteiger partial charge in [-0.3, -0.25) is 14.6 Å². The first kappa shape index (κ1) is 23.5. The number of rotatable bonds is 7. The number of carbonyl (C=O) groups is 2. The minimum Gasteiger partial charge on any atom is -0.345 e. The quantitative estimate of drug-likeness (QED) is 0.255. The topological polar surface area (TPSA) is 71.1 Å². The van der Waals surface area contributed by atoms with E-state index in [1.54, 1.807) is 12.4 Å². The average Bonchev–Trinajstić information content (AvgIpc) is 3.43. The van der Waals surface area contributed by atoms with E-state index in [-0.39, 0.29) is 17.9 Å². The number of carbonyl (C=O) groups excluding carboxylic acids is 2. The summed E-state index contributed by atoms with van der Waals surface area (Å²) < 4.78 is 0. The summed E-state index contributed by atoms with van der Waals surface area (Å²) in [7, 11) is 0. The molecule has 2 aromatic heterocycles. The summed E-state index contributed by atoms with van der Waals surface area (Å²) in [6, 6.07) is 26.9. The molecule has 2 heterocycles. The van der Waals surface area contributed by atoms with Crippen LogP contribution in [-0.4, -0.2) is 16.8 Å². The zero-order valence-corrected chi connectivity index (χ0v) is 20.6. The van der Waals surface area contributed by atoms with Crippen molar-refractivity contribution < 1.29 is 9.59 Å². The Balaban J connectivity index is 1.32. The first-order chi connectivity index (χ1) is 17.6. The summed E-state index contributed by atoms with van der Waals surface area (Å²) in [6.07, 6.45) is 4.27. The maximum atomic E-state index is 13.0. The lowest BCUT2D eigenvalue weighted by atomic mass is 9.99. The SMILES string of the molecule is CCC(NC(=O)c1ccc2cnccc2c1)c1cccc(-c2csc(C(=O)Nc3ccccc3)c2)c1. The third-order valence-corrected chi connectivity index (χ3v) is 7.02. The molecule has 1 atom stereocenters. The molecule has 6 heteroatoms. The van der Waals surface area contributed by atoms with E-state index < -0.39 is 0 Å².